The van der Waals surface area contributed by atoms with Crippen molar-refractivity contribution in [3.05, 3.63) is 35.4 Å². The molecule has 0 radical (unpaired) electrons. The van der Waals surface area contributed by atoms with Crippen LogP contribution in [0.1, 0.15) is 31.0 Å². The highest BCUT2D eigenvalue weighted by Crippen LogP contribution is 2.34. The molecular weight excluding hydrogens is 267 g/mol. The number of rotatable bonds is 4. The molecule has 2 rings (SSSR count). The van der Waals surface area contributed by atoms with Crippen molar-refractivity contribution in [1.29, 1.82) is 0 Å². The number of alkyl halides is 3. The molecule has 3 unspecified atom stereocenters. The van der Waals surface area contributed by atoms with Crippen LogP contribution in [0.2, 0.25) is 0 Å². The minimum absolute atomic E-state index is 0.298. The molecular formula is C14H20F3N3. The third-order valence-electron chi connectivity index (χ3n) is 3.82. The zero-order valence-corrected chi connectivity index (χ0v) is 11.6. The Hall–Kier alpha value is -1.11. The summed E-state index contributed by atoms with van der Waals surface area (Å²) in [7, 11) is 0. The molecule has 3 N–H and O–H groups in total. The molecule has 1 saturated heterocycles. The molecule has 0 bridgehead atoms. The highest BCUT2D eigenvalue weighted by molar-refractivity contribution is 5.32. The third kappa shape index (κ3) is 3.50. The van der Waals surface area contributed by atoms with Crippen molar-refractivity contribution in [2.24, 2.45) is 5.92 Å². The first-order valence-corrected chi connectivity index (χ1v) is 6.77. The van der Waals surface area contributed by atoms with E-state index in [9.17, 15) is 13.2 Å². The van der Waals surface area contributed by atoms with E-state index in [1.165, 1.54) is 12.1 Å². The monoisotopic (exact) mass is 287 g/mol. The molecule has 0 spiro atoms. The Balaban J connectivity index is 2.04. The molecule has 6 heteroatoms. The molecule has 1 aromatic rings. The van der Waals surface area contributed by atoms with Gasteiger partial charge in [0, 0.05) is 31.1 Å². The van der Waals surface area contributed by atoms with Gasteiger partial charge in [-0.3, -0.25) is 10.9 Å². The molecule has 0 saturated carbocycles. The van der Waals surface area contributed by atoms with Crippen molar-refractivity contribution in [2.45, 2.75) is 32.1 Å². The lowest BCUT2D eigenvalue weighted by Gasteiger charge is -2.22. The van der Waals surface area contributed by atoms with Gasteiger partial charge in [-0.15, -0.1) is 0 Å². The molecule has 3 atom stereocenters. The second-order valence-electron chi connectivity index (χ2n) is 5.29. The largest absolute Gasteiger partial charge is 0.416 e. The zero-order chi connectivity index (χ0) is 14.8. The van der Waals surface area contributed by atoms with Crippen LogP contribution >= 0.6 is 0 Å². The van der Waals surface area contributed by atoms with E-state index in [1.54, 1.807) is 13.0 Å². The SMILES string of the molecule is CC(NCC1CNNC1C)c1ccccc1C(F)(F)F. The average Bonchev–Trinajstić information content (AvgIpc) is 2.80. The first-order chi connectivity index (χ1) is 9.39. The summed E-state index contributed by atoms with van der Waals surface area (Å²) in [6.45, 7) is 5.32. The predicted molar refractivity (Wildman–Crippen MR) is 72.0 cm³/mol. The van der Waals surface area contributed by atoms with Crippen molar-refractivity contribution in [3.63, 3.8) is 0 Å². The van der Waals surface area contributed by atoms with E-state index in [1.807, 2.05) is 0 Å². The van der Waals surface area contributed by atoms with Gasteiger partial charge in [-0.25, -0.2) is 0 Å². The Morgan fingerprint density at radius 2 is 2.05 bits per heavy atom. The van der Waals surface area contributed by atoms with Crippen molar-refractivity contribution in [1.82, 2.24) is 16.2 Å². The van der Waals surface area contributed by atoms with Crippen LogP contribution in [0.3, 0.4) is 0 Å². The van der Waals surface area contributed by atoms with Crippen LogP contribution in [0.25, 0.3) is 0 Å². The smallest absolute Gasteiger partial charge is 0.310 e. The maximum atomic E-state index is 13.0. The van der Waals surface area contributed by atoms with Crippen molar-refractivity contribution in [2.75, 3.05) is 13.1 Å². The molecule has 20 heavy (non-hydrogen) atoms. The van der Waals surface area contributed by atoms with Gasteiger partial charge >= 0.3 is 6.18 Å². The maximum absolute atomic E-state index is 13.0. The van der Waals surface area contributed by atoms with Crippen LogP contribution in [-0.2, 0) is 6.18 Å². The van der Waals surface area contributed by atoms with Gasteiger partial charge in [0.05, 0.1) is 5.56 Å². The van der Waals surface area contributed by atoms with Gasteiger partial charge < -0.3 is 5.32 Å². The Labute approximate surface area is 116 Å². The molecule has 0 aliphatic carbocycles. The zero-order valence-electron chi connectivity index (χ0n) is 11.6. The van der Waals surface area contributed by atoms with E-state index in [0.717, 1.165) is 12.6 Å². The molecule has 0 amide bonds. The number of halogens is 3. The Bertz CT molecular complexity index is 448. The lowest BCUT2D eigenvalue weighted by atomic mass is 9.99. The quantitative estimate of drug-likeness (QED) is 0.796. The molecule has 1 aromatic carbocycles. The molecule has 1 aliphatic heterocycles. The maximum Gasteiger partial charge on any atom is 0.416 e. The lowest BCUT2D eigenvalue weighted by Crippen LogP contribution is -2.34. The number of hydrogen-bond acceptors (Lipinski definition) is 3. The van der Waals surface area contributed by atoms with E-state index in [0.29, 0.717) is 24.1 Å². The Morgan fingerprint density at radius 1 is 1.35 bits per heavy atom. The number of nitrogens with one attached hydrogen (secondary N) is 3. The van der Waals surface area contributed by atoms with Crippen LogP contribution in [0.4, 0.5) is 13.2 Å². The van der Waals surface area contributed by atoms with Crippen LogP contribution in [-0.4, -0.2) is 19.1 Å². The van der Waals surface area contributed by atoms with Gasteiger partial charge in [0.2, 0.25) is 0 Å². The molecule has 3 nitrogen and oxygen atoms in total. The number of benzene rings is 1. The van der Waals surface area contributed by atoms with Crippen LogP contribution in [0, 0.1) is 5.92 Å². The van der Waals surface area contributed by atoms with E-state index >= 15 is 0 Å². The summed E-state index contributed by atoms with van der Waals surface area (Å²) in [5, 5.41) is 3.20. The third-order valence-corrected chi connectivity index (χ3v) is 3.82. The fourth-order valence-electron chi connectivity index (χ4n) is 2.47. The first kappa shape index (κ1) is 15.3. The molecule has 112 valence electrons. The molecule has 1 heterocycles. The molecule has 0 aromatic heterocycles. The summed E-state index contributed by atoms with van der Waals surface area (Å²) in [5.74, 6) is 0.371. The summed E-state index contributed by atoms with van der Waals surface area (Å²) in [6.07, 6.45) is -4.31. The van der Waals surface area contributed by atoms with E-state index in [4.69, 9.17) is 0 Å². The van der Waals surface area contributed by atoms with Crippen molar-refractivity contribution >= 4 is 0 Å². The summed E-state index contributed by atoms with van der Waals surface area (Å²) in [6, 6.07) is 5.72. The predicted octanol–water partition coefficient (Wildman–Crippen LogP) is 2.47. The Morgan fingerprint density at radius 3 is 2.65 bits per heavy atom. The normalized spacial score (nSPS) is 24.9. The average molecular weight is 287 g/mol. The molecule has 1 fully saturated rings. The fourth-order valence-corrected chi connectivity index (χ4v) is 2.47. The number of hydrogen-bond donors (Lipinski definition) is 3. The number of hydrazine groups is 1. The van der Waals surface area contributed by atoms with E-state index in [2.05, 4.69) is 23.1 Å². The highest BCUT2D eigenvalue weighted by Gasteiger charge is 2.34. The van der Waals surface area contributed by atoms with Crippen molar-refractivity contribution in [3.8, 4) is 0 Å². The minimum atomic E-state index is -4.31. The topological polar surface area (TPSA) is 36.1 Å². The van der Waals surface area contributed by atoms with Gasteiger partial charge in [-0.1, -0.05) is 18.2 Å². The van der Waals surface area contributed by atoms with Gasteiger partial charge in [0.25, 0.3) is 0 Å². The van der Waals surface area contributed by atoms with Gasteiger partial charge in [0.15, 0.2) is 0 Å². The summed E-state index contributed by atoms with van der Waals surface area (Å²) in [5.41, 5.74) is 5.89. The first-order valence-electron chi connectivity index (χ1n) is 6.77. The fraction of sp³-hybridized carbons (Fsp3) is 0.571. The molecule has 1 aliphatic rings. The second kappa shape index (κ2) is 6.11. The van der Waals surface area contributed by atoms with Crippen LogP contribution in [0.5, 0.6) is 0 Å². The Kier molecular flexibility index (Phi) is 4.67. The van der Waals surface area contributed by atoms with E-state index in [-0.39, 0.29) is 6.04 Å². The second-order valence-corrected chi connectivity index (χ2v) is 5.29. The minimum Gasteiger partial charge on any atom is -0.310 e. The van der Waals surface area contributed by atoms with Gasteiger partial charge in [0.1, 0.15) is 0 Å². The van der Waals surface area contributed by atoms with Crippen LogP contribution < -0.4 is 16.2 Å². The summed E-state index contributed by atoms with van der Waals surface area (Å²) >= 11 is 0. The van der Waals surface area contributed by atoms with Gasteiger partial charge in [-0.2, -0.15) is 13.2 Å². The standard InChI is InChI=1S/C14H20F3N3/c1-9-11(8-19-20-9)7-18-10(2)12-5-3-4-6-13(12)14(15,16)17/h3-6,9-11,18-20H,7-8H2,1-2H3. The van der Waals surface area contributed by atoms with Gasteiger partial charge in [-0.05, 0) is 25.5 Å². The highest BCUT2D eigenvalue weighted by atomic mass is 19.4. The summed E-state index contributed by atoms with van der Waals surface area (Å²) in [4.78, 5) is 0. The van der Waals surface area contributed by atoms with Crippen LogP contribution in [0.15, 0.2) is 24.3 Å². The van der Waals surface area contributed by atoms with Crippen molar-refractivity contribution < 1.29 is 13.2 Å². The summed E-state index contributed by atoms with van der Waals surface area (Å²) < 4.78 is 38.9. The van der Waals surface area contributed by atoms with E-state index < -0.39 is 11.7 Å². The lowest BCUT2D eigenvalue weighted by molar-refractivity contribution is -0.138.